The van der Waals surface area contributed by atoms with E-state index in [1.807, 2.05) is 27.7 Å². The van der Waals surface area contributed by atoms with Crippen LogP contribution in [0, 0.1) is 17.8 Å². The largest absolute Gasteiger partial charge is 0.301 e. The van der Waals surface area contributed by atoms with E-state index in [1.54, 1.807) is 0 Å². The van der Waals surface area contributed by atoms with E-state index >= 15 is 0 Å². The summed E-state index contributed by atoms with van der Waals surface area (Å²) in [5, 5.41) is 0. The highest BCUT2D eigenvalue weighted by Gasteiger charge is 2.42. The molecule has 0 aromatic heterocycles. The summed E-state index contributed by atoms with van der Waals surface area (Å²) in [5.41, 5.74) is 0. The zero-order valence-electron chi connectivity index (χ0n) is 11.7. The Kier molecular flexibility index (Phi) is 5.05. The maximum Gasteiger partial charge on any atom is 0.233 e. The quantitative estimate of drug-likeness (QED) is 0.537. The Morgan fingerprint density at radius 1 is 1.22 bits per heavy atom. The van der Waals surface area contributed by atoms with Crippen LogP contribution in [0.5, 0.6) is 0 Å². The van der Waals surface area contributed by atoms with E-state index in [9.17, 15) is 14.4 Å². The molecule has 1 aliphatic heterocycles. The standard InChI is InChI=1S/C14H23NO3/c1-9(2)5-11-7-13(17)15(14(11)18)12(8-16)6-10(3)4/h8-12H,5-7H2,1-4H3/t11-,12+/m1/s1. The minimum atomic E-state index is -0.581. The van der Waals surface area contributed by atoms with E-state index in [2.05, 4.69) is 0 Å². The van der Waals surface area contributed by atoms with Crippen molar-refractivity contribution >= 4 is 18.1 Å². The third kappa shape index (κ3) is 3.40. The predicted molar refractivity (Wildman–Crippen MR) is 68.7 cm³/mol. The first kappa shape index (κ1) is 14.9. The van der Waals surface area contributed by atoms with Crippen LogP contribution in [0.1, 0.15) is 47.0 Å². The lowest BCUT2D eigenvalue weighted by molar-refractivity contribution is -0.144. The number of nitrogens with zero attached hydrogens (tertiary/aromatic N) is 1. The number of carbonyl (C=O) groups is 3. The molecule has 0 N–H and O–H groups in total. The van der Waals surface area contributed by atoms with Gasteiger partial charge >= 0.3 is 0 Å². The van der Waals surface area contributed by atoms with Crippen LogP contribution in [-0.2, 0) is 14.4 Å². The SMILES string of the molecule is CC(C)C[C@@H]1CC(=O)N([C@H](C=O)CC(C)C)C1=O. The lowest BCUT2D eigenvalue weighted by Gasteiger charge is -2.23. The molecule has 1 saturated heterocycles. The second kappa shape index (κ2) is 6.12. The third-order valence-electron chi connectivity index (χ3n) is 3.23. The van der Waals surface area contributed by atoms with Crippen LogP contribution in [0.25, 0.3) is 0 Å². The van der Waals surface area contributed by atoms with Crippen LogP contribution in [-0.4, -0.2) is 29.0 Å². The summed E-state index contributed by atoms with van der Waals surface area (Å²) >= 11 is 0. The highest BCUT2D eigenvalue weighted by molar-refractivity contribution is 6.05. The molecule has 0 aliphatic carbocycles. The fraction of sp³-hybridized carbons (Fsp3) is 0.786. The van der Waals surface area contributed by atoms with Gasteiger partial charge in [0.25, 0.3) is 0 Å². The van der Waals surface area contributed by atoms with Crippen LogP contribution in [0.4, 0.5) is 0 Å². The molecular formula is C14H23NO3. The Bertz CT molecular complexity index is 336. The van der Waals surface area contributed by atoms with Crippen LogP contribution in [0.2, 0.25) is 0 Å². The van der Waals surface area contributed by atoms with Gasteiger partial charge in [-0.2, -0.15) is 0 Å². The van der Waals surface area contributed by atoms with E-state index in [0.29, 0.717) is 18.8 Å². The number of carbonyl (C=O) groups excluding carboxylic acids is 3. The van der Waals surface area contributed by atoms with Gasteiger partial charge < -0.3 is 4.79 Å². The van der Waals surface area contributed by atoms with E-state index in [0.717, 1.165) is 6.29 Å². The number of hydrogen-bond acceptors (Lipinski definition) is 3. The summed E-state index contributed by atoms with van der Waals surface area (Å²) in [5.74, 6) is 0.0818. The van der Waals surface area contributed by atoms with Gasteiger partial charge in [-0.25, -0.2) is 0 Å². The van der Waals surface area contributed by atoms with Crippen molar-refractivity contribution in [2.24, 2.45) is 17.8 Å². The Balaban J connectivity index is 2.79. The van der Waals surface area contributed by atoms with Crippen molar-refractivity contribution in [3.05, 3.63) is 0 Å². The Morgan fingerprint density at radius 3 is 2.28 bits per heavy atom. The molecule has 2 atom stereocenters. The molecule has 2 amide bonds. The highest BCUT2D eigenvalue weighted by atomic mass is 16.2. The van der Waals surface area contributed by atoms with E-state index in [1.165, 1.54) is 4.90 Å². The number of amides is 2. The van der Waals surface area contributed by atoms with Crippen molar-refractivity contribution in [3.8, 4) is 0 Å². The normalized spacial score (nSPS) is 22.1. The molecule has 0 saturated carbocycles. The highest BCUT2D eigenvalue weighted by Crippen LogP contribution is 2.28. The topological polar surface area (TPSA) is 54.5 Å². The molecule has 102 valence electrons. The lowest BCUT2D eigenvalue weighted by Crippen LogP contribution is -2.42. The number of rotatable bonds is 6. The maximum atomic E-state index is 12.2. The molecular weight excluding hydrogens is 230 g/mol. The van der Waals surface area contributed by atoms with E-state index in [-0.39, 0.29) is 30.1 Å². The molecule has 1 fully saturated rings. The Hall–Kier alpha value is -1.19. The minimum Gasteiger partial charge on any atom is -0.301 e. The molecule has 4 heteroatoms. The van der Waals surface area contributed by atoms with Crippen LogP contribution in [0.15, 0.2) is 0 Å². The molecule has 1 heterocycles. The Morgan fingerprint density at radius 2 is 1.83 bits per heavy atom. The van der Waals surface area contributed by atoms with Crippen molar-refractivity contribution in [2.75, 3.05) is 0 Å². The zero-order valence-corrected chi connectivity index (χ0v) is 11.7. The van der Waals surface area contributed by atoms with Crippen molar-refractivity contribution in [2.45, 2.75) is 53.0 Å². The van der Waals surface area contributed by atoms with Gasteiger partial charge in [0, 0.05) is 12.3 Å². The molecule has 0 aromatic rings. The first-order chi connectivity index (χ1) is 8.36. The molecule has 1 rings (SSSR count). The van der Waals surface area contributed by atoms with Gasteiger partial charge in [-0.15, -0.1) is 0 Å². The summed E-state index contributed by atoms with van der Waals surface area (Å²) in [6.07, 6.45) is 2.26. The van der Waals surface area contributed by atoms with Gasteiger partial charge in [-0.3, -0.25) is 14.5 Å². The third-order valence-corrected chi connectivity index (χ3v) is 3.23. The fourth-order valence-corrected chi connectivity index (χ4v) is 2.52. The van der Waals surface area contributed by atoms with Crippen molar-refractivity contribution in [1.29, 1.82) is 0 Å². The smallest absolute Gasteiger partial charge is 0.233 e. The number of likely N-dealkylation sites (tertiary alicyclic amines) is 1. The van der Waals surface area contributed by atoms with Gasteiger partial charge in [-0.05, 0) is 24.7 Å². The summed E-state index contributed by atoms with van der Waals surface area (Å²) in [4.78, 5) is 36.4. The lowest BCUT2D eigenvalue weighted by atomic mass is 9.96. The first-order valence-electron chi connectivity index (χ1n) is 6.68. The maximum absolute atomic E-state index is 12.2. The number of hydrogen-bond donors (Lipinski definition) is 0. The summed E-state index contributed by atoms with van der Waals surface area (Å²) in [6.45, 7) is 8.03. The number of imide groups is 1. The molecule has 0 radical (unpaired) electrons. The van der Waals surface area contributed by atoms with Gasteiger partial charge in [0.2, 0.25) is 11.8 Å². The minimum absolute atomic E-state index is 0.161. The summed E-state index contributed by atoms with van der Waals surface area (Å²) < 4.78 is 0. The van der Waals surface area contributed by atoms with Crippen molar-refractivity contribution in [3.63, 3.8) is 0 Å². The average molecular weight is 253 g/mol. The number of aldehydes is 1. The van der Waals surface area contributed by atoms with Crippen molar-refractivity contribution < 1.29 is 14.4 Å². The first-order valence-corrected chi connectivity index (χ1v) is 6.68. The molecule has 0 aromatic carbocycles. The molecule has 4 nitrogen and oxygen atoms in total. The van der Waals surface area contributed by atoms with Crippen molar-refractivity contribution in [1.82, 2.24) is 4.90 Å². The average Bonchev–Trinajstić information content (AvgIpc) is 2.50. The summed E-state index contributed by atoms with van der Waals surface area (Å²) in [6, 6.07) is -0.581. The molecule has 1 aliphatic rings. The summed E-state index contributed by atoms with van der Waals surface area (Å²) in [7, 11) is 0. The zero-order chi connectivity index (χ0) is 13.9. The van der Waals surface area contributed by atoms with Gasteiger partial charge in [-0.1, -0.05) is 27.7 Å². The monoisotopic (exact) mass is 253 g/mol. The molecule has 0 unspecified atom stereocenters. The molecule has 0 bridgehead atoms. The second-order valence-corrected chi connectivity index (χ2v) is 5.97. The van der Waals surface area contributed by atoms with E-state index < -0.39 is 6.04 Å². The molecule has 18 heavy (non-hydrogen) atoms. The fourth-order valence-electron chi connectivity index (χ4n) is 2.52. The van der Waals surface area contributed by atoms with Crippen LogP contribution >= 0.6 is 0 Å². The van der Waals surface area contributed by atoms with Crippen LogP contribution in [0.3, 0.4) is 0 Å². The second-order valence-electron chi connectivity index (χ2n) is 5.97. The van der Waals surface area contributed by atoms with Gasteiger partial charge in [0.1, 0.15) is 6.29 Å². The molecule has 0 spiro atoms. The van der Waals surface area contributed by atoms with E-state index in [4.69, 9.17) is 0 Å². The Labute approximate surface area is 109 Å². The predicted octanol–water partition coefficient (Wildman–Crippen LogP) is 2.02. The van der Waals surface area contributed by atoms with Gasteiger partial charge in [0.15, 0.2) is 0 Å². The van der Waals surface area contributed by atoms with Gasteiger partial charge in [0.05, 0.1) is 6.04 Å². The van der Waals surface area contributed by atoms with Crippen LogP contribution < -0.4 is 0 Å².